The lowest BCUT2D eigenvalue weighted by molar-refractivity contribution is -0.150. The first kappa shape index (κ1) is 11.7. The van der Waals surface area contributed by atoms with Crippen molar-refractivity contribution in [3.05, 3.63) is 0 Å². The summed E-state index contributed by atoms with van der Waals surface area (Å²) in [5.74, 6) is -0.330. The smallest absolute Gasteiger partial charge is 0.321 e. The quantitative estimate of drug-likeness (QED) is 0.535. The Labute approximate surface area is 105 Å². The number of fused-ring (bicyclic) bond motifs is 1. The molecule has 7 heteroatoms. The molecule has 1 heterocycles. The highest BCUT2D eigenvalue weighted by atomic mass is 35.5. The van der Waals surface area contributed by atoms with Crippen molar-refractivity contribution in [1.29, 1.82) is 0 Å². The fraction of sp³-hybridized carbons (Fsp3) is 0.900. The van der Waals surface area contributed by atoms with Crippen LogP contribution in [-0.2, 0) is 19.6 Å². The minimum atomic E-state index is -3.18. The van der Waals surface area contributed by atoms with Crippen LogP contribution in [0.25, 0.3) is 0 Å². The molecule has 2 bridgehead atoms. The summed E-state index contributed by atoms with van der Waals surface area (Å²) in [6, 6.07) is -0.170. The summed E-state index contributed by atoms with van der Waals surface area (Å²) >= 11 is 5.42. The highest BCUT2D eigenvalue weighted by Gasteiger charge is 2.66. The van der Waals surface area contributed by atoms with E-state index in [1.165, 1.54) is 4.31 Å². The van der Waals surface area contributed by atoms with E-state index >= 15 is 0 Å². The lowest BCUT2D eigenvalue weighted by Crippen LogP contribution is -2.42. The predicted octanol–water partition coefficient (Wildman–Crippen LogP) is 0.189. The zero-order valence-corrected chi connectivity index (χ0v) is 10.9. The summed E-state index contributed by atoms with van der Waals surface area (Å²) in [5.41, 5.74) is 0. The summed E-state index contributed by atoms with van der Waals surface area (Å²) in [5, 5.41) is -0.256. The number of halogens is 1. The lowest BCUT2D eigenvalue weighted by atomic mass is 9.92. The predicted molar refractivity (Wildman–Crippen MR) is 61.1 cm³/mol. The summed E-state index contributed by atoms with van der Waals surface area (Å²) in [4.78, 5) is 11.3. The highest BCUT2D eigenvalue weighted by Crippen LogP contribution is 2.56. The molecule has 0 aromatic rings. The van der Waals surface area contributed by atoms with Gasteiger partial charge in [-0.05, 0) is 24.7 Å². The van der Waals surface area contributed by atoms with Gasteiger partial charge in [0.05, 0.1) is 11.3 Å². The average Bonchev–Trinajstić information content (AvgIpc) is 2.88. The Morgan fingerprint density at radius 3 is 2.82 bits per heavy atom. The Kier molecular flexibility index (Phi) is 2.48. The van der Waals surface area contributed by atoms with E-state index in [2.05, 4.69) is 0 Å². The Morgan fingerprint density at radius 1 is 1.47 bits per heavy atom. The highest BCUT2D eigenvalue weighted by molar-refractivity contribution is 7.90. The van der Waals surface area contributed by atoms with Gasteiger partial charge in [-0.2, -0.15) is 4.31 Å². The van der Waals surface area contributed by atoms with Crippen molar-refractivity contribution >= 4 is 27.6 Å². The second-order valence-corrected chi connectivity index (χ2v) is 7.55. The van der Waals surface area contributed by atoms with Crippen LogP contribution in [0, 0.1) is 11.8 Å². The van der Waals surface area contributed by atoms with Gasteiger partial charge in [-0.3, -0.25) is 4.79 Å². The van der Waals surface area contributed by atoms with E-state index in [9.17, 15) is 13.2 Å². The van der Waals surface area contributed by atoms with Gasteiger partial charge in [-0.25, -0.2) is 8.42 Å². The number of likely N-dealkylation sites (N-methyl/N-ethyl adjacent to an activating group) is 1. The van der Waals surface area contributed by atoms with Crippen molar-refractivity contribution in [2.45, 2.75) is 30.2 Å². The minimum Gasteiger partial charge on any atom is -0.459 e. The molecule has 0 N–H and O–H groups in total. The van der Waals surface area contributed by atoms with Crippen LogP contribution in [0.2, 0.25) is 0 Å². The van der Waals surface area contributed by atoms with Crippen molar-refractivity contribution in [2.75, 3.05) is 12.9 Å². The number of hydrogen-bond donors (Lipinski definition) is 0. The molecule has 0 spiro atoms. The minimum absolute atomic E-state index is 0.128. The van der Waals surface area contributed by atoms with Crippen LogP contribution in [0.3, 0.4) is 0 Å². The van der Waals surface area contributed by atoms with Crippen LogP contribution in [0.4, 0.5) is 0 Å². The van der Waals surface area contributed by atoms with Crippen molar-refractivity contribution in [2.24, 2.45) is 11.8 Å². The van der Waals surface area contributed by atoms with Gasteiger partial charge < -0.3 is 4.74 Å². The molecule has 1 saturated heterocycles. The summed E-state index contributed by atoms with van der Waals surface area (Å²) in [6.07, 6.45) is 1.16. The standard InChI is InChI=1S/C10H14ClNO4S/c1-12-9-6-2-5(3-7(6)17(12,14)15)10(9)16-8(13)4-11/h5-7,9-10H,2-4H2,1H3. The topological polar surface area (TPSA) is 63.7 Å². The maximum Gasteiger partial charge on any atom is 0.321 e. The van der Waals surface area contributed by atoms with E-state index in [1.54, 1.807) is 7.05 Å². The molecular weight excluding hydrogens is 266 g/mol. The van der Waals surface area contributed by atoms with Crippen molar-refractivity contribution < 1.29 is 17.9 Å². The Balaban J connectivity index is 1.90. The average molecular weight is 280 g/mol. The van der Waals surface area contributed by atoms with Crippen LogP contribution in [-0.4, -0.2) is 49.0 Å². The molecule has 0 aromatic heterocycles. The van der Waals surface area contributed by atoms with E-state index in [0.29, 0.717) is 6.42 Å². The molecule has 0 amide bonds. The molecule has 96 valence electrons. The molecule has 5 nitrogen and oxygen atoms in total. The van der Waals surface area contributed by atoms with Gasteiger partial charge in [0, 0.05) is 7.05 Å². The number of alkyl halides is 1. The van der Waals surface area contributed by atoms with Gasteiger partial charge in [-0.1, -0.05) is 0 Å². The second-order valence-electron chi connectivity index (χ2n) is 5.07. The van der Waals surface area contributed by atoms with Crippen LogP contribution >= 0.6 is 11.6 Å². The summed E-state index contributed by atoms with van der Waals surface area (Å²) < 4.78 is 30.9. The number of rotatable bonds is 2. The summed E-state index contributed by atoms with van der Waals surface area (Å²) in [6.45, 7) is 0. The van der Waals surface area contributed by atoms with Crippen LogP contribution in [0.1, 0.15) is 12.8 Å². The molecule has 3 aliphatic rings. The van der Waals surface area contributed by atoms with Crippen molar-refractivity contribution in [1.82, 2.24) is 4.31 Å². The third-order valence-electron chi connectivity index (χ3n) is 4.41. The van der Waals surface area contributed by atoms with Crippen LogP contribution in [0.5, 0.6) is 0 Å². The third kappa shape index (κ3) is 1.40. The molecular formula is C10H14ClNO4S. The Bertz CT molecular complexity index is 465. The van der Waals surface area contributed by atoms with Gasteiger partial charge in [0.25, 0.3) is 0 Å². The summed E-state index contributed by atoms with van der Waals surface area (Å²) in [7, 11) is -1.59. The fourth-order valence-electron chi connectivity index (χ4n) is 3.77. The second kappa shape index (κ2) is 3.59. The molecule has 1 aliphatic heterocycles. The van der Waals surface area contributed by atoms with E-state index in [-0.39, 0.29) is 35.1 Å². The number of esters is 1. The van der Waals surface area contributed by atoms with Gasteiger partial charge in [-0.15, -0.1) is 11.6 Å². The Hall–Kier alpha value is -0.330. The first-order valence-electron chi connectivity index (χ1n) is 5.69. The molecule has 2 saturated carbocycles. The maximum absolute atomic E-state index is 12.1. The molecule has 0 radical (unpaired) electrons. The molecule has 5 atom stereocenters. The monoisotopic (exact) mass is 279 g/mol. The first-order chi connectivity index (χ1) is 7.96. The molecule has 3 rings (SSSR count). The number of nitrogens with zero attached hydrogens (tertiary/aromatic N) is 1. The number of carbonyl (C=O) groups is 1. The van der Waals surface area contributed by atoms with Crippen molar-refractivity contribution in [3.8, 4) is 0 Å². The largest absolute Gasteiger partial charge is 0.459 e. The number of ether oxygens (including phenoxy) is 1. The Morgan fingerprint density at radius 2 is 2.18 bits per heavy atom. The SMILES string of the molecule is CN1C2C3CC(CC3S1(=O)=O)C2OC(=O)CCl. The molecule has 0 aromatic carbocycles. The molecule has 5 unspecified atom stereocenters. The van der Waals surface area contributed by atoms with E-state index in [1.807, 2.05) is 0 Å². The number of sulfonamides is 1. The normalized spacial score (nSPS) is 46.4. The number of hydrogen-bond acceptors (Lipinski definition) is 4. The number of carbonyl (C=O) groups excluding carboxylic acids is 1. The molecule has 17 heavy (non-hydrogen) atoms. The van der Waals surface area contributed by atoms with E-state index in [4.69, 9.17) is 16.3 Å². The maximum atomic E-state index is 12.1. The van der Waals surface area contributed by atoms with Gasteiger partial charge in [0.15, 0.2) is 0 Å². The lowest BCUT2D eigenvalue weighted by Gasteiger charge is -2.28. The van der Waals surface area contributed by atoms with Crippen LogP contribution < -0.4 is 0 Å². The van der Waals surface area contributed by atoms with Gasteiger partial charge >= 0.3 is 5.97 Å². The van der Waals surface area contributed by atoms with Gasteiger partial charge in [0.1, 0.15) is 12.0 Å². The fourth-order valence-corrected chi connectivity index (χ4v) is 6.08. The zero-order chi connectivity index (χ0) is 12.4. The van der Waals surface area contributed by atoms with E-state index < -0.39 is 16.0 Å². The van der Waals surface area contributed by atoms with Gasteiger partial charge in [0.2, 0.25) is 10.0 Å². The zero-order valence-electron chi connectivity index (χ0n) is 9.37. The molecule has 3 fully saturated rings. The molecule has 2 aliphatic carbocycles. The first-order valence-corrected chi connectivity index (χ1v) is 7.73. The van der Waals surface area contributed by atoms with Crippen LogP contribution in [0.15, 0.2) is 0 Å². The third-order valence-corrected chi connectivity index (χ3v) is 6.98. The van der Waals surface area contributed by atoms with Crippen molar-refractivity contribution in [3.63, 3.8) is 0 Å². The van der Waals surface area contributed by atoms with E-state index in [0.717, 1.165) is 6.42 Å².